The summed E-state index contributed by atoms with van der Waals surface area (Å²) in [6.07, 6.45) is 9.27. The molecule has 3 rings (SSSR count). The number of anilines is 4. The molecule has 6 nitrogen and oxygen atoms in total. The van der Waals surface area contributed by atoms with E-state index < -0.39 is 0 Å². The predicted octanol–water partition coefficient (Wildman–Crippen LogP) is 4.60. The lowest BCUT2D eigenvalue weighted by Gasteiger charge is -2.21. The van der Waals surface area contributed by atoms with Crippen LogP contribution in [-0.4, -0.2) is 34.3 Å². The Morgan fingerprint density at radius 2 is 1.69 bits per heavy atom. The standard InChI is InChI=1S/C20H30N6/c1-3-26(4-2)18-13-11-17(12-14-18)22-19-15-21-25-20(24-19)23-16-9-7-5-6-8-10-16/h11-16H,3-10H2,1-2H3,(H2,22,23,24,25). The maximum atomic E-state index is 4.58. The minimum Gasteiger partial charge on any atom is -0.372 e. The summed E-state index contributed by atoms with van der Waals surface area (Å²) in [6, 6.07) is 8.88. The first-order valence-corrected chi connectivity index (χ1v) is 9.86. The zero-order chi connectivity index (χ0) is 18.2. The van der Waals surface area contributed by atoms with Crippen molar-refractivity contribution in [3.05, 3.63) is 30.5 Å². The van der Waals surface area contributed by atoms with Gasteiger partial charge in [0.15, 0.2) is 5.82 Å². The summed E-state index contributed by atoms with van der Waals surface area (Å²) in [6.45, 7) is 6.36. The summed E-state index contributed by atoms with van der Waals surface area (Å²) in [5.41, 5.74) is 2.24. The molecule has 6 heteroatoms. The molecule has 1 saturated carbocycles. The van der Waals surface area contributed by atoms with Crippen molar-refractivity contribution in [3.63, 3.8) is 0 Å². The first-order chi connectivity index (χ1) is 12.8. The predicted molar refractivity (Wildman–Crippen MR) is 108 cm³/mol. The van der Waals surface area contributed by atoms with E-state index in [9.17, 15) is 0 Å². The fourth-order valence-corrected chi connectivity index (χ4v) is 3.52. The highest BCUT2D eigenvalue weighted by molar-refractivity contribution is 5.60. The van der Waals surface area contributed by atoms with E-state index in [0.717, 1.165) is 18.8 Å². The topological polar surface area (TPSA) is 66.0 Å². The van der Waals surface area contributed by atoms with Gasteiger partial charge in [0.2, 0.25) is 5.95 Å². The van der Waals surface area contributed by atoms with E-state index in [0.29, 0.717) is 17.8 Å². The monoisotopic (exact) mass is 354 g/mol. The summed E-state index contributed by atoms with van der Waals surface area (Å²) < 4.78 is 0. The van der Waals surface area contributed by atoms with Crippen LogP contribution in [0.1, 0.15) is 52.4 Å². The van der Waals surface area contributed by atoms with Crippen LogP contribution in [0.15, 0.2) is 30.5 Å². The lowest BCUT2D eigenvalue weighted by atomic mass is 10.1. The zero-order valence-electron chi connectivity index (χ0n) is 15.9. The minimum absolute atomic E-state index is 0.461. The van der Waals surface area contributed by atoms with Crippen LogP contribution in [0.25, 0.3) is 0 Å². The van der Waals surface area contributed by atoms with Gasteiger partial charge in [0, 0.05) is 30.5 Å². The highest BCUT2D eigenvalue weighted by Crippen LogP contribution is 2.22. The molecule has 26 heavy (non-hydrogen) atoms. The molecule has 0 amide bonds. The molecule has 0 spiro atoms. The van der Waals surface area contributed by atoms with Crippen molar-refractivity contribution < 1.29 is 0 Å². The maximum absolute atomic E-state index is 4.58. The lowest BCUT2D eigenvalue weighted by Crippen LogP contribution is -2.21. The molecule has 0 saturated heterocycles. The summed E-state index contributed by atoms with van der Waals surface area (Å²) in [5.74, 6) is 1.33. The van der Waals surface area contributed by atoms with Crippen molar-refractivity contribution >= 4 is 23.1 Å². The summed E-state index contributed by atoms with van der Waals surface area (Å²) in [7, 11) is 0. The van der Waals surface area contributed by atoms with Crippen LogP contribution in [0.5, 0.6) is 0 Å². The van der Waals surface area contributed by atoms with Crippen molar-refractivity contribution in [3.8, 4) is 0 Å². The lowest BCUT2D eigenvalue weighted by molar-refractivity contribution is 0.613. The van der Waals surface area contributed by atoms with Gasteiger partial charge in [-0.15, -0.1) is 5.10 Å². The molecule has 1 aliphatic carbocycles. The van der Waals surface area contributed by atoms with Crippen LogP contribution in [0.2, 0.25) is 0 Å². The number of nitrogens with zero attached hydrogens (tertiary/aromatic N) is 4. The van der Waals surface area contributed by atoms with E-state index in [1.807, 2.05) is 0 Å². The molecule has 0 bridgehead atoms. The molecule has 140 valence electrons. The molecule has 0 aliphatic heterocycles. The Morgan fingerprint density at radius 3 is 2.35 bits per heavy atom. The largest absolute Gasteiger partial charge is 0.372 e. The average molecular weight is 355 g/mol. The smallest absolute Gasteiger partial charge is 0.244 e. The van der Waals surface area contributed by atoms with Crippen LogP contribution >= 0.6 is 0 Å². The molecule has 2 N–H and O–H groups in total. The molecule has 1 aromatic heterocycles. The molecule has 0 atom stereocenters. The number of hydrogen-bond donors (Lipinski definition) is 2. The van der Waals surface area contributed by atoms with Crippen LogP contribution in [0.3, 0.4) is 0 Å². The van der Waals surface area contributed by atoms with E-state index in [1.165, 1.54) is 44.2 Å². The van der Waals surface area contributed by atoms with Gasteiger partial charge in [-0.2, -0.15) is 10.1 Å². The van der Waals surface area contributed by atoms with Gasteiger partial charge in [-0.25, -0.2) is 0 Å². The molecule has 2 aromatic rings. The van der Waals surface area contributed by atoms with Gasteiger partial charge in [0.25, 0.3) is 0 Å². The number of aromatic nitrogens is 3. The van der Waals surface area contributed by atoms with Crippen molar-refractivity contribution in [2.75, 3.05) is 28.6 Å². The normalized spacial score (nSPS) is 15.3. The second-order valence-electron chi connectivity index (χ2n) is 6.84. The van der Waals surface area contributed by atoms with E-state index in [2.05, 4.69) is 68.8 Å². The summed E-state index contributed by atoms with van der Waals surface area (Å²) >= 11 is 0. The van der Waals surface area contributed by atoms with Crippen molar-refractivity contribution in [2.24, 2.45) is 0 Å². The second kappa shape index (κ2) is 9.36. The SMILES string of the molecule is CCN(CC)c1ccc(Nc2cnnc(NC3CCCCCC3)n2)cc1. The van der Waals surface area contributed by atoms with E-state index in [-0.39, 0.29) is 0 Å². The summed E-state index contributed by atoms with van der Waals surface area (Å²) in [5, 5.41) is 15.0. The molecule has 1 fully saturated rings. The van der Waals surface area contributed by atoms with Crippen molar-refractivity contribution in [1.29, 1.82) is 0 Å². The first kappa shape index (κ1) is 18.4. The molecule has 0 unspecified atom stereocenters. The Labute approximate surface area is 156 Å². The van der Waals surface area contributed by atoms with E-state index in [4.69, 9.17) is 0 Å². The molecule has 0 radical (unpaired) electrons. The Bertz CT molecular complexity index is 660. The zero-order valence-corrected chi connectivity index (χ0v) is 15.9. The Kier molecular flexibility index (Phi) is 6.63. The fourth-order valence-electron chi connectivity index (χ4n) is 3.52. The van der Waals surface area contributed by atoms with Crippen LogP contribution in [-0.2, 0) is 0 Å². The molecule has 1 aliphatic rings. The number of rotatable bonds is 7. The van der Waals surface area contributed by atoms with Crippen LogP contribution in [0, 0.1) is 0 Å². The van der Waals surface area contributed by atoms with Gasteiger partial charge in [0.1, 0.15) is 0 Å². The molecule has 1 aromatic carbocycles. The highest BCUT2D eigenvalue weighted by Gasteiger charge is 2.13. The van der Waals surface area contributed by atoms with Crippen LogP contribution < -0.4 is 15.5 Å². The first-order valence-electron chi connectivity index (χ1n) is 9.86. The summed E-state index contributed by atoms with van der Waals surface area (Å²) in [4.78, 5) is 6.90. The minimum atomic E-state index is 0.461. The molecular weight excluding hydrogens is 324 g/mol. The van der Waals surface area contributed by atoms with Gasteiger partial charge in [-0.3, -0.25) is 0 Å². The quantitative estimate of drug-likeness (QED) is 0.709. The third-order valence-electron chi connectivity index (χ3n) is 5.02. The second-order valence-corrected chi connectivity index (χ2v) is 6.84. The van der Waals surface area contributed by atoms with Gasteiger partial charge in [-0.05, 0) is 51.0 Å². The number of benzene rings is 1. The van der Waals surface area contributed by atoms with Crippen LogP contribution in [0.4, 0.5) is 23.1 Å². The Balaban J connectivity index is 1.62. The van der Waals surface area contributed by atoms with E-state index >= 15 is 0 Å². The third kappa shape index (κ3) is 5.07. The van der Waals surface area contributed by atoms with Gasteiger partial charge >= 0.3 is 0 Å². The molecule has 1 heterocycles. The Hall–Kier alpha value is -2.37. The highest BCUT2D eigenvalue weighted by atomic mass is 15.3. The van der Waals surface area contributed by atoms with Crippen molar-refractivity contribution in [1.82, 2.24) is 15.2 Å². The Morgan fingerprint density at radius 1 is 1.00 bits per heavy atom. The van der Waals surface area contributed by atoms with Gasteiger partial charge < -0.3 is 15.5 Å². The maximum Gasteiger partial charge on any atom is 0.244 e. The third-order valence-corrected chi connectivity index (χ3v) is 5.02. The van der Waals surface area contributed by atoms with E-state index in [1.54, 1.807) is 6.20 Å². The number of hydrogen-bond acceptors (Lipinski definition) is 6. The van der Waals surface area contributed by atoms with Gasteiger partial charge in [-0.1, -0.05) is 25.7 Å². The number of nitrogens with one attached hydrogen (secondary N) is 2. The molecular formula is C20H30N6. The fraction of sp³-hybridized carbons (Fsp3) is 0.550. The average Bonchev–Trinajstić information content (AvgIpc) is 2.93. The van der Waals surface area contributed by atoms with Crippen molar-refractivity contribution in [2.45, 2.75) is 58.4 Å². The van der Waals surface area contributed by atoms with Gasteiger partial charge in [0.05, 0.1) is 6.20 Å².